The van der Waals surface area contributed by atoms with Gasteiger partial charge >= 0.3 is 0 Å². The number of phenolic OH excluding ortho intramolecular Hbond substituents is 2. The first-order valence-electron chi connectivity index (χ1n) is 9.44. The zero-order valence-corrected chi connectivity index (χ0v) is 16.2. The summed E-state index contributed by atoms with van der Waals surface area (Å²) in [7, 11) is 6.53. The standard InChI is InChI=1S/C21H27NO5/c1-22-8-7-14-11-19(25-2)17(23)12-15(14)16(22)6-5-13-9-18(24)21(27-4)20(10-13)26-3/h9-12,16,23-24H,5-8H2,1-4H3/i7T/t7-,16?/m0/s1. The minimum atomic E-state index is -0.393. The van der Waals surface area contributed by atoms with Gasteiger partial charge in [-0.2, -0.15) is 0 Å². The van der Waals surface area contributed by atoms with E-state index >= 15 is 0 Å². The topological polar surface area (TPSA) is 71.4 Å². The summed E-state index contributed by atoms with van der Waals surface area (Å²) in [5.41, 5.74) is 2.75. The average Bonchev–Trinajstić information content (AvgIpc) is 2.66. The quantitative estimate of drug-likeness (QED) is 0.807. The smallest absolute Gasteiger partial charge is 0.203 e. The molecule has 146 valence electrons. The normalized spacial score (nSPS) is 19.9. The van der Waals surface area contributed by atoms with Gasteiger partial charge in [-0.15, -0.1) is 0 Å². The van der Waals surface area contributed by atoms with Crippen molar-refractivity contribution in [2.45, 2.75) is 25.3 Å². The maximum absolute atomic E-state index is 10.2. The van der Waals surface area contributed by atoms with E-state index in [1.54, 1.807) is 18.2 Å². The van der Waals surface area contributed by atoms with Gasteiger partial charge in [0, 0.05) is 14.0 Å². The van der Waals surface area contributed by atoms with Crippen LogP contribution in [-0.4, -0.2) is 50.0 Å². The summed E-state index contributed by atoms with van der Waals surface area (Å²) in [6, 6.07) is 7.07. The fourth-order valence-corrected chi connectivity index (χ4v) is 3.66. The van der Waals surface area contributed by atoms with Crippen molar-refractivity contribution in [1.29, 1.82) is 0 Å². The Bertz CT molecular complexity index is 857. The highest BCUT2D eigenvalue weighted by Crippen LogP contribution is 2.41. The molecule has 1 unspecified atom stereocenters. The van der Waals surface area contributed by atoms with E-state index in [-0.39, 0.29) is 17.5 Å². The van der Waals surface area contributed by atoms with Crippen molar-refractivity contribution < 1.29 is 25.8 Å². The van der Waals surface area contributed by atoms with Gasteiger partial charge in [0.15, 0.2) is 23.0 Å². The molecule has 2 aromatic rings. The molecule has 0 bridgehead atoms. The van der Waals surface area contributed by atoms with Crippen molar-refractivity contribution >= 4 is 0 Å². The van der Waals surface area contributed by atoms with Gasteiger partial charge in [0.25, 0.3) is 0 Å². The Morgan fingerprint density at radius 2 is 1.78 bits per heavy atom. The number of hydrogen-bond acceptors (Lipinski definition) is 6. The Balaban J connectivity index is 1.88. The molecule has 3 rings (SSSR count). The van der Waals surface area contributed by atoms with E-state index in [0.717, 1.165) is 23.1 Å². The van der Waals surface area contributed by atoms with E-state index in [2.05, 4.69) is 4.90 Å². The van der Waals surface area contributed by atoms with E-state index in [9.17, 15) is 10.2 Å². The van der Waals surface area contributed by atoms with Crippen molar-refractivity contribution in [3.63, 3.8) is 0 Å². The third-order valence-electron chi connectivity index (χ3n) is 5.10. The predicted molar refractivity (Wildman–Crippen MR) is 103 cm³/mol. The maximum atomic E-state index is 10.2. The van der Waals surface area contributed by atoms with Gasteiger partial charge in [-0.25, -0.2) is 0 Å². The highest BCUT2D eigenvalue weighted by Gasteiger charge is 2.26. The molecule has 6 heteroatoms. The van der Waals surface area contributed by atoms with Crippen LogP contribution in [0.3, 0.4) is 0 Å². The highest BCUT2D eigenvalue weighted by atomic mass is 16.5. The van der Waals surface area contributed by atoms with Gasteiger partial charge in [0.2, 0.25) is 5.75 Å². The average molecular weight is 375 g/mol. The molecule has 0 aromatic heterocycles. The molecule has 1 heterocycles. The fraction of sp³-hybridized carbons (Fsp3) is 0.429. The summed E-state index contributed by atoms with van der Waals surface area (Å²) in [5.74, 6) is 1.33. The third kappa shape index (κ3) is 3.76. The molecule has 2 N–H and O–H groups in total. The van der Waals surface area contributed by atoms with E-state index in [0.29, 0.717) is 30.2 Å². The monoisotopic (exact) mass is 375 g/mol. The van der Waals surface area contributed by atoms with Crippen LogP contribution in [0.5, 0.6) is 28.7 Å². The van der Waals surface area contributed by atoms with Gasteiger partial charge in [0.05, 0.1) is 21.3 Å². The number of nitrogens with zero attached hydrogens (tertiary/aromatic N) is 1. The summed E-state index contributed by atoms with van der Waals surface area (Å²) in [5, 5.41) is 20.4. The number of phenols is 2. The maximum Gasteiger partial charge on any atom is 0.203 e. The summed E-state index contributed by atoms with van der Waals surface area (Å²) in [6.45, 7) is 0.600. The molecule has 0 saturated heterocycles. The van der Waals surface area contributed by atoms with Crippen molar-refractivity contribution in [2.75, 3.05) is 34.9 Å². The first kappa shape index (κ1) is 17.8. The second kappa shape index (κ2) is 7.96. The second-order valence-corrected chi connectivity index (χ2v) is 6.70. The number of aryl methyl sites for hydroxylation is 1. The number of ether oxygens (including phenoxy) is 3. The van der Waals surface area contributed by atoms with E-state index in [1.165, 1.54) is 21.3 Å². The SMILES string of the molecule is [3H][C@H]1CN(C)C(CCc2cc(O)c(OC)c(OC)c2)c2cc(O)c(OC)cc21. The van der Waals surface area contributed by atoms with Gasteiger partial charge < -0.3 is 24.4 Å². The van der Waals surface area contributed by atoms with Crippen LogP contribution in [-0.2, 0) is 12.8 Å². The van der Waals surface area contributed by atoms with Gasteiger partial charge in [-0.1, -0.05) is 0 Å². The largest absolute Gasteiger partial charge is 0.504 e. The number of hydrogen-bond donors (Lipinski definition) is 2. The van der Waals surface area contributed by atoms with Crippen LogP contribution in [0.1, 0.15) is 30.5 Å². The highest BCUT2D eigenvalue weighted by molar-refractivity contribution is 5.53. The molecule has 0 amide bonds. The van der Waals surface area contributed by atoms with E-state index in [1.807, 2.05) is 13.1 Å². The fourth-order valence-electron chi connectivity index (χ4n) is 3.66. The Labute approximate surface area is 161 Å². The van der Waals surface area contributed by atoms with Crippen LogP contribution >= 0.6 is 0 Å². The molecule has 27 heavy (non-hydrogen) atoms. The Kier molecular flexibility index (Phi) is 5.25. The minimum Gasteiger partial charge on any atom is -0.504 e. The number of likely N-dealkylation sites (N-methyl/N-ethyl adjacent to an activating group) is 1. The van der Waals surface area contributed by atoms with Gasteiger partial charge in [-0.05, 0) is 67.2 Å². The van der Waals surface area contributed by atoms with Crippen molar-refractivity contribution in [3.05, 3.63) is 41.0 Å². The molecule has 0 aliphatic carbocycles. The van der Waals surface area contributed by atoms with Gasteiger partial charge in [0.1, 0.15) is 0 Å². The molecule has 0 radical (unpaired) electrons. The number of benzene rings is 2. The van der Waals surface area contributed by atoms with Crippen LogP contribution < -0.4 is 14.2 Å². The van der Waals surface area contributed by atoms with Crippen LogP contribution in [0.15, 0.2) is 24.3 Å². The predicted octanol–water partition coefficient (Wildman–Crippen LogP) is 3.29. The molecule has 6 nitrogen and oxygen atoms in total. The molecule has 0 fully saturated rings. The first-order valence-corrected chi connectivity index (χ1v) is 8.86. The number of rotatable bonds is 6. The summed E-state index contributed by atoms with van der Waals surface area (Å²) in [6.07, 6.45) is 1.06. The van der Waals surface area contributed by atoms with Crippen molar-refractivity contribution in [1.82, 2.24) is 4.90 Å². The zero-order chi connectivity index (χ0) is 20.4. The minimum absolute atomic E-state index is 0.0443. The van der Waals surface area contributed by atoms with Crippen molar-refractivity contribution in [2.24, 2.45) is 0 Å². The molecule has 0 spiro atoms. The lowest BCUT2D eigenvalue weighted by Crippen LogP contribution is -2.32. The zero-order valence-electron chi connectivity index (χ0n) is 17.2. The molecule has 2 aromatic carbocycles. The van der Waals surface area contributed by atoms with E-state index in [4.69, 9.17) is 15.6 Å². The molecular weight excluding hydrogens is 346 g/mol. The summed E-state index contributed by atoms with van der Waals surface area (Å²) < 4.78 is 24.1. The van der Waals surface area contributed by atoms with Crippen LogP contribution in [0.4, 0.5) is 0 Å². The van der Waals surface area contributed by atoms with Crippen LogP contribution in [0.25, 0.3) is 0 Å². The molecule has 1 aliphatic rings. The molecular formula is C21H27NO5. The summed E-state index contributed by atoms with van der Waals surface area (Å²) >= 11 is 0. The Morgan fingerprint density at radius 3 is 2.44 bits per heavy atom. The number of methoxy groups -OCH3 is 3. The van der Waals surface area contributed by atoms with Gasteiger partial charge in [-0.3, -0.25) is 4.90 Å². The number of aromatic hydroxyl groups is 2. The Hall–Kier alpha value is -2.60. The van der Waals surface area contributed by atoms with Crippen LogP contribution in [0, 0.1) is 0 Å². The first-order chi connectivity index (χ1) is 13.4. The summed E-state index contributed by atoms with van der Waals surface area (Å²) in [4.78, 5) is 2.13. The molecule has 0 saturated carbocycles. The number of fused-ring (bicyclic) bond motifs is 1. The van der Waals surface area contributed by atoms with E-state index < -0.39 is 6.40 Å². The third-order valence-corrected chi connectivity index (χ3v) is 5.10. The van der Waals surface area contributed by atoms with Crippen LogP contribution in [0.2, 0.25) is 0 Å². The lowest BCUT2D eigenvalue weighted by molar-refractivity contribution is 0.218. The molecule has 2 atom stereocenters. The Morgan fingerprint density at radius 1 is 1.04 bits per heavy atom. The second-order valence-electron chi connectivity index (χ2n) is 6.70. The lowest BCUT2D eigenvalue weighted by atomic mass is 9.88. The van der Waals surface area contributed by atoms with Crippen molar-refractivity contribution in [3.8, 4) is 28.7 Å². The lowest BCUT2D eigenvalue weighted by Gasteiger charge is -2.35. The molecule has 1 aliphatic heterocycles.